The smallest absolute Gasteiger partial charge is 0.271 e. The van der Waals surface area contributed by atoms with Crippen molar-refractivity contribution >= 4 is 40.5 Å². The van der Waals surface area contributed by atoms with E-state index < -0.39 is 23.7 Å². The summed E-state index contributed by atoms with van der Waals surface area (Å²) in [5.41, 5.74) is 7.17. The van der Waals surface area contributed by atoms with Crippen LogP contribution < -0.4 is 21.4 Å². The minimum Gasteiger partial charge on any atom is -0.368 e. The summed E-state index contributed by atoms with van der Waals surface area (Å²) in [5.74, 6) is -1.37. The second kappa shape index (κ2) is 9.38. The minimum atomic E-state index is -0.843. The van der Waals surface area contributed by atoms with E-state index in [0.717, 1.165) is 0 Å². The third kappa shape index (κ3) is 5.65. The largest absolute Gasteiger partial charge is 0.368 e. The Labute approximate surface area is 179 Å². The highest BCUT2D eigenvalue weighted by Gasteiger charge is 2.35. The van der Waals surface area contributed by atoms with E-state index >= 15 is 0 Å². The molecule has 3 amide bonds. The van der Waals surface area contributed by atoms with Crippen molar-refractivity contribution in [2.45, 2.75) is 32.7 Å². The van der Waals surface area contributed by atoms with E-state index in [1.54, 1.807) is 24.3 Å². The number of hydrazone groups is 1. The summed E-state index contributed by atoms with van der Waals surface area (Å²) >= 11 is 0. The quantitative estimate of drug-likeness (QED) is 0.632. The summed E-state index contributed by atoms with van der Waals surface area (Å²) in [6, 6.07) is 11.2. The molecule has 3 rings (SSSR count). The van der Waals surface area contributed by atoms with Gasteiger partial charge in [0.2, 0.25) is 11.8 Å². The van der Waals surface area contributed by atoms with Gasteiger partial charge in [-0.2, -0.15) is 5.10 Å². The standard InChI is InChI=1S/C22H24FN5O3/c1-13(2)11-20(29)25-15-5-7-16(8-6-15)26-22(31)18-12-19(21(24)30)28(27-18)17-9-3-14(23)4-10-17/h3-10,13,19H,11-12H2,1-2H3,(H2,24,30)(H,25,29)(H,26,31). The van der Waals surface area contributed by atoms with Gasteiger partial charge in [-0.05, 0) is 54.4 Å². The van der Waals surface area contributed by atoms with Gasteiger partial charge in [-0.3, -0.25) is 19.4 Å². The van der Waals surface area contributed by atoms with Crippen molar-refractivity contribution in [1.29, 1.82) is 0 Å². The summed E-state index contributed by atoms with van der Waals surface area (Å²) < 4.78 is 13.2. The van der Waals surface area contributed by atoms with Crippen LogP contribution in [0.4, 0.5) is 21.5 Å². The molecular weight excluding hydrogens is 401 g/mol. The van der Waals surface area contributed by atoms with Crippen LogP contribution in [0, 0.1) is 11.7 Å². The minimum absolute atomic E-state index is 0.0296. The highest BCUT2D eigenvalue weighted by Crippen LogP contribution is 2.25. The molecule has 0 aliphatic carbocycles. The fourth-order valence-corrected chi connectivity index (χ4v) is 3.12. The zero-order valence-electron chi connectivity index (χ0n) is 17.3. The molecule has 0 aromatic heterocycles. The van der Waals surface area contributed by atoms with E-state index in [-0.39, 0.29) is 24.0 Å². The summed E-state index contributed by atoms with van der Waals surface area (Å²) in [6.07, 6.45) is 0.450. The van der Waals surface area contributed by atoms with Gasteiger partial charge in [0.1, 0.15) is 17.6 Å². The number of nitrogens with zero attached hydrogens (tertiary/aromatic N) is 2. The molecule has 0 bridgehead atoms. The van der Waals surface area contributed by atoms with Crippen LogP contribution in [0.2, 0.25) is 0 Å². The summed E-state index contributed by atoms with van der Waals surface area (Å²) in [4.78, 5) is 36.3. The van der Waals surface area contributed by atoms with Gasteiger partial charge >= 0.3 is 0 Å². The van der Waals surface area contributed by atoms with Crippen molar-refractivity contribution in [1.82, 2.24) is 0 Å². The fraction of sp³-hybridized carbons (Fsp3) is 0.273. The van der Waals surface area contributed by atoms with Crippen LogP contribution in [0.3, 0.4) is 0 Å². The Hall–Kier alpha value is -3.75. The van der Waals surface area contributed by atoms with E-state index in [0.29, 0.717) is 23.5 Å². The number of nitrogens with one attached hydrogen (secondary N) is 2. The number of anilines is 3. The van der Waals surface area contributed by atoms with Crippen LogP contribution in [0.1, 0.15) is 26.7 Å². The highest BCUT2D eigenvalue weighted by molar-refractivity contribution is 6.44. The summed E-state index contributed by atoms with van der Waals surface area (Å²) in [5, 5.41) is 11.1. The van der Waals surface area contributed by atoms with Crippen molar-refractivity contribution in [2.24, 2.45) is 16.8 Å². The lowest BCUT2D eigenvalue weighted by atomic mass is 10.1. The van der Waals surface area contributed by atoms with Crippen molar-refractivity contribution in [3.63, 3.8) is 0 Å². The van der Waals surface area contributed by atoms with Crippen LogP contribution >= 0.6 is 0 Å². The Kier molecular flexibility index (Phi) is 6.64. The Balaban J connectivity index is 1.68. The van der Waals surface area contributed by atoms with Crippen LogP contribution in [-0.2, 0) is 14.4 Å². The SMILES string of the molecule is CC(C)CC(=O)Nc1ccc(NC(=O)C2=NN(c3ccc(F)cc3)C(C(N)=O)C2)cc1. The second-order valence-corrected chi connectivity index (χ2v) is 7.67. The van der Waals surface area contributed by atoms with E-state index in [1.165, 1.54) is 29.3 Å². The first-order valence-electron chi connectivity index (χ1n) is 9.86. The maximum atomic E-state index is 13.2. The van der Waals surface area contributed by atoms with Crippen molar-refractivity contribution < 1.29 is 18.8 Å². The predicted molar refractivity (Wildman–Crippen MR) is 117 cm³/mol. The lowest BCUT2D eigenvalue weighted by Gasteiger charge is -2.20. The number of carbonyl (C=O) groups is 3. The molecule has 0 spiro atoms. The lowest BCUT2D eigenvalue weighted by Crippen LogP contribution is -2.39. The number of benzene rings is 2. The average molecular weight is 425 g/mol. The topological polar surface area (TPSA) is 117 Å². The molecule has 2 aromatic carbocycles. The Morgan fingerprint density at radius 2 is 1.65 bits per heavy atom. The maximum absolute atomic E-state index is 13.2. The second-order valence-electron chi connectivity index (χ2n) is 7.67. The number of primary amides is 1. The summed E-state index contributed by atoms with van der Waals surface area (Å²) in [6.45, 7) is 3.92. The molecule has 1 heterocycles. The van der Waals surface area contributed by atoms with Gasteiger partial charge in [-0.25, -0.2) is 4.39 Å². The molecule has 1 unspecified atom stereocenters. The van der Waals surface area contributed by atoms with Crippen LogP contribution in [0.5, 0.6) is 0 Å². The monoisotopic (exact) mass is 425 g/mol. The van der Waals surface area contributed by atoms with Gasteiger partial charge in [0, 0.05) is 24.2 Å². The number of amides is 3. The lowest BCUT2D eigenvalue weighted by molar-refractivity contribution is -0.119. The van der Waals surface area contributed by atoms with Gasteiger partial charge in [0.05, 0.1) is 5.69 Å². The first-order valence-corrected chi connectivity index (χ1v) is 9.86. The Morgan fingerprint density at radius 1 is 1.06 bits per heavy atom. The molecular formula is C22H24FN5O3. The van der Waals surface area contributed by atoms with Crippen molar-refractivity contribution in [2.75, 3.05) is 15.6 Å². The highest BCUT2D eigenvalue weighted by atomic mass is 19.1. The third-order valence-corrected chi connectivity index (χ3v) is 4.61. The van der Waals surface area contributed by atoms with Gasteiger partial charge in [-0.1, -0.05) is 13.8 Å². The van der Waals surface area contributed by atoms with E-state index in [4.69, 9.17) is 5.73 Å². The number of hydrogen-bond donors (Lipinski definition) is 3. The molecule has 9 heteroatoms. The molecule has 1 atom stereocenters. The first kappa shape index (κ1) is 21.9. The number of rotatable bonds is 7. The molecule has 0 saturated carbocycles. The molecule has 1 aliphatic rings. The van der Waals surface area contributed by atoms with Crippen LogP contribution in [0.15, 0.2) is 53.6 Å². The van der Waals surface area contributed by atoms with Gasteiger partial charge in [-0.15, -0.1) is 0 Å². The number of carbonyl (C=O) groups excluding carboxylic acids is 3. The molecule has 1 aliphatic heterocycles. The number of nitrogens with two attached hydrogens (primary N) is 1. The zero-order valence-corrected chi connectivity index (χ0v) is 17.3. The summed E-state index contributed by atoms with van der Waals surface area (Å²) in [7, 11) is 0. The van der Waals surface area contributed by atoms with E-state index in [1.807, 2.05) is 13.8 Å². The van der Waals surface area contributed by atoms with Gasteiger partial charge < -0.3 is 16.4 Å². The van der Waals surface area contributed by atoms with Gasteiger partial charge in [0.15, 0.2) is 0 Å². The fourth-order valence-electron chi connectivity index (χ4n) is 3.12. The molecule has 31 heavy (non-hydrogen) atoms. The van der Waals surface area contributed by atoms with E-state index in [9.17, 15) is 18.8 Å². The molecule has 0 saturated heterocycles. The maximum Gasteiger partial charge on any atom is 0.271 e. The molecule has 4 N–H and O–H groups in total. The third-order valence-electron chi connectivity index (χ3n) is 4.61. The van der Waals surface area contributed by atoms with Gasteiger partial charge in [0.25, 0.3) is 5.91 Å². The normalized spacial score (nSPS) is 15.5. The average Bonchev–Trinajstić information content (AvgIpc) is 3.15. The number of hydrogen-bond acceptors (Lipinski definition) is 5. The van der Waals surface area contributed by atoms with Crippen molar-refractivity contribution in [3.05, 3.63) is 54.3 Å². The molecule has 8 nitrogen and oxygen atoms in total. The Morgan fingerprint density at radius 3 is 2.19 bits per heavy atom. The molecule has 162 valence electrons. The first-order chi connectivity index (χ1) is 14.7. The molecule has 2 aromatic rings. The zero-order chi connectivity index (χ0) is 22.5. The predicted octanol–water partition coefficient (Wildman–Crippen LogP) is 2.87. The van der Waals surface area contributed by atoms with Crippen LogP contribution in [0.25, 0.3) is 0 Å². The molecule has 0 radical (unpaired) electrons. The van der Waals surface area contributed by atoms with Crippen LogP contribution in [-0.4, -0.2) is 29.5 Å². The van der Waals surface area contributed by atoms with E-state index in [2.05, 4.69) is 15.7 Å². The van der Waals surface area contributed by atoms with Crippen molar-refractivity contribution in [3.8, 4) is 0 Å². The number of halogens is 1. The Bertz CT molecular complexity index is 1000. The molecule has 0 fully saturated rings.